The minimum Gasteiger partial charge on any atom is -0.457 e. The van der Waals surface area contributed by atoms with Gasteiger partial charge < -0.3 is 4.74 Å². The summed E-state index contributed by atoms with van der Waals surface area (Å²) in [6.45, 7) is -0.145. The number of carbonyl (C=O) groups is 1. The van der Waals surface area contributed by atoms with Gasteiger partial charge in [0.25, 0.3) is 10.0 Å². The summed E-state index contributed by atoms with van der Waals surface area (Å²) >= 11 is 6.00. The Kier molecular flexibility index (Phi) is 6.34. The Morgan fingerprint density at radius 2 is 1.96 bits per heavy atom. The molecule has 26 heavy (non-hydrogen) atoms. The second-order valence-corrected chi connectivity index (χ2v) is 7.43. The van der Waals surface area contributed by atoms with Crippen molar-refractivity contribution >= 4 is 27.6 Å². The summed E-state index contributed by atoms with van der Waals surface area (Å²) in [5, 5.41) is 9.10. The molecule has 0 aliphatic heterocycles. The zero-order valence-corrected chi connectivity index (χ0v) is 15.5. The van der Waals surface area contributed by atoms with E-state index in [1.807, 2.05) is 6.07 Å². The van der Waals surface area contributed by atoms with Gasteiger partial charge in [-0.25, -0.2) is 13.2 Å². The first-order valence-electron chi connectivity index (χ1n) is 7.29. The number of halogens is 1. The van der Waals surface area contributed by atoms with Crippen molar-refractivity contribution in [2.45, 2.75) is 11.5 Å². The predicted molar refractivity (Wildman–Crippen MR) is 93.7 cm³/mol. The van der Waals surface area contributed by atoms with Crippen molar-refractivity contribution in [1.29, 1.82) is 5.26 Å². The molecule has 0 aliphatic rings. The molecule has 9 heteroatoms. The van der Waals surface area contributed by atoms with Crippen LogP contribution in [0.1, 0.15) is 21.5 Å². The zero-order chi connectivity index (χ0) is 19.3. The predicted octanol–water partition coefficient (Wildman–Crippen LogP) is 2.75. The van der Waals surface area contributed by atoms with E-state index in [-0.39, 0.29) is 22.1 Å². The van der Waals surface area contributed by atoms with E-state index < -0.39 is 16.0 Å². The third kappa shape index (κ3) is 4.20. The molecule has 0 radical (unpaired) electrons. The number of esters is 1. The highest BCUT2D eigenvalue weighted by molar-refractivity contribution is 7.89. The van der Waals surface area contributed by atoms with Gasteiger partial charge in [-0.1, -0.05) is 34.3 Å². The van der Waals surface area contributed by atoms with Gasteiger partial charge >= 0.3 is 5.97 Å². The van der Waals surface area contributed by atoms with E-state index in [0.717, 1.165) is 6.07 Å². The van der Waals surface area contributed by atoms with E-state index in [1.165, 1.54) is 26.3 Å². The van der Waals surface area contributed by atoms with Crippen LogP contribution >= 0.6 is 11.6 Å². The molecule has 2 aromatic rings. The number of rotatable bonds is 6. The molecule has 0 spiro atoms. The molecular formula is C17H15ClN2O5S. The molecule has 0 aromatic heterocycles. The van der Waals surface area contributed by atoms with Crippen LogP contribution in [-0.4, -0.2) is 33.0 Å². The third-order valence-corrected chi connectivity index (χ3v) is 5.55. The van der Waals surface area contributed by atoms with Crippen molar-refractivity contribution in [2.24, 2.45) is 0 Å². The monoisotopic (exact) mass is 394 g/mol. The topological polar surface area (TPSA) is 96.7 Å². The van der Waals surface area contributed by atoms with Gasteiger partial charge in [-0.05, 0) is 24.3 Å². The normalized spacial score (nSPS) is 11.2. The minimum atomic E-state index is -3.94. The molecule has 0 N–H and O–H groups in total. The number of ether oxygens (including phenoxy) is 1. The average molecular weight is 395 g/mol. The van der Waals surface area contributed by atoms with Crippen LogP contribution in [0.3, 0.4) is 0 Å². The number of hydrogen-bond acceptors (Lipinski definition) is 6. The van der Waals surface area contributed by atoms with Gasteiger partial charge in [0, 0.05) is 12.6 Å². The minimum absolute atomic E-state index is 0.0441. The van der Waals surface area contributed by atoms with Crippen molar-refractivity contribution in [3.05, 3.63) is 64.2 Å². The van der Waals surface area contributed by atoms with Crippen LogP contribution in [0.25, 0.3) is 0 Å². The number of nitriles is 1. The largest absolute Gasteiger partial charge is 0.457 e. The Balaban J connectivity index is 2.27. The molecule has 0 fully saturated rings. The van der Waals surface area contributed by atoms with Crippen LogP contribution in [0.2, 0.25) is 5.02 Å². The van der Waals surface area contributed by atoms with Crippen molar-refractivity contribution in [3.63, 3.8) is 0 Å². The molecule has 0 aliphatic carbocycles. The number of benzene rings is 2. The quantitative estimate of drug-likeness (QED) is 0.552. The first-order valence-corrected chi connectivity index (χ1v) is 9.10. The Labute approximate surface area is 156 Å². The van der Waals surface area contributed by atoms with Gasteiger partial charge in [0.1, 0.15) is 6.61 Å². The standard InChI is InChI=1S/C17H15ClN2O5S/c1-20(24-2)26(22,23)14-7-8-16(18)15(9-14)17(21)25-11-13-6-4-3-5-12(13)10-19/h3-9H,11H2,1-2H3. The van der Waals surface area contributed by atoms with Crippen molar-refractivity contribution in [1.82, 2.24) is 4.47 Å². The number of hydrogen-bond donors (Lipinski definition) is 0. The molecule has 2 rings (SSSR count). The molecule has 0 atom stereocenters. The molecular weight excluding hydrogens is 380 g/mol. The second-order valence-electron chi connectivity index (χ2n) is 5.08. The molecule has 0 amide bonds. The molecule has 136 valence electrons. The number of hydroxylamine groups is 1. The van der Waals surface area contributed by atoms with Crippen molar-refractivity contribution < 1.29 is 22.8 Å². The van der Waals surface area contributed by atoms with Crippen molar-refractivity contribution in [3.8, 4) is 6.07 Å². The van der Waals surface area contributed by atoms with Crippen LogP contribution in [0.5, 0.6) is 0 Å². The van der Waals surface area contributed by atoms with E-state index in [2.05, 4.69) is 0 Å². The highest BCUT2D eigenvalue weighted by Crippen LogP contribution is 2.24. The Hall–Kier alpha value is -2.44. The number of carbonyl (C=O) groups excluding carboxylic acids is 1. The lowest BCUT2D eigenvalue weighted by Crippen LogP contribution is -2.26. The fourth-order valence-corrected chi connectivity index (χ4v) is 3.24. The van der Waals surface area contributed by atoms with Crippen LogP contribution in [0.4, 0.5) is 0 Å². The number of nitrogens with zero attached hydrogens (tertiary/aromatic N) is 2. The Morgan fingerprint density at radius 3 is 2.62 bits per heavy atom. The van der Waals surface area contributed by atoms with E-state index in [0.29, 0.717) is 15.6 Å². The van der Waals surface area contributed by atoms with Crippen LogP contribution < -0.4 is 0 Å². The van der Waals surface area contributed by atoms with Gasteiger partial charge in [-0.3, -0.25) is 4.84 Å². The van der Waals surface area contributed by atoms with Crippen LogP contribution in [-0.2, 0) is 26.2 Å². The van der Waals surface area contributed by atoms with Gasteiger partial charge in [0.2, 0.25) is 0 Å². The highest BCUT2D eigenvalue weighted by atomic mass is 35.5. The smallest absolute Gasteiger partial charge is 0.340 e. The summed E-state index contributed by atoms with van der Waals surface area (Å²) in [4.78, 5) is 16.9. The maximum Gasteiger partial charge on any atom is 0.340 e. The summed E-state index contributed by atoms with van der Waals surface area (Å²) < 4.78 is 30.4. The highest BCUT2D eigenvalue weighted by Gasteiger charge is 2.24. The van der Waals surface area contributed by atoms with Gasteiger partial charge in [-0.15, -0.1) is 0 Å². The van der Waals surface area contributed by atoms with Gasteiger partial charge in [-0.2, -0.15) is 5.26 Å². The lowest BCUT2D eigenvalue weighted by atomic mass is 10.1. The Bertz CT molecular complexity index is 969. The summed E-state index contributed by atoms with van der Waals surface area (Å²) in [6, 6.07) is 12.3. The molecule has 0 saturated heterocycles. The lowest BCUT2D eigenvalue weighted by molar-refractivity contribution is -0.0258. The number of sulfonamides is 1. The lowest BCUT2D eigenvalue weighted by Gasteiger charge is -2.15. The average Bonchev–Trinajstić information content (AvgIpc) is 2.65. The van der Waals surface area contributed by atoms with Gasteiger partial charge in [0.15, 0.2) is 0 Å². The summed E-state index contributed by atoms with van der Waals surface area (Å²) in [6.07, 6.45) is 0. The first kappa shape index (κ1) is 19.9. The van der Waals surface area contributed by atoms with E-state index in [4.69, 9.17) is 26.4 Å². The molecule has 0 bridgehead atoms. The van der Waals surface area contributed by atoms with Crippen LogP contribution in [0, 0.1) is 11.3 Å². The first-order chi connectivity index (χ1) is 12.3. The summed E-state index contributed by atoms with van der Waals surface area (Å²) in [7, 11) is -1.51. The van der Waals surface area contributed by atoms with E-state index in [1.54, 1.807) is 24.3 Å². The third-order valence-electron chi connectivity index (χ3n) is 3.55. The van der Waals surface area contributed by atoms with E-state index in [9.17, 15) is 13.2 Å². The molecule has 0 heterocycles. The SMILES string of the molecule is CON(C)S(=O)(=O)c1ccc(Cl)c(C(=O)OCc2ccccc2C#N)c1. The molecule has 7 nitrogen and oxygen atoms in total. The Morgan fingerprint density at radius 1 is 1.27 bits per heavy atom. The molecule has 2 aromatic carbocycles. The zero-order valence-electron chi connectivity index (χ0n) is 14.0. The summed E-state index contributed by atoms with van der Waals surface area (Å²) in [5.41, 5.74) is 0.804. The molecule has 0 saturated carbocycles. The van der Waals surface area contributed by atoms with Gasteiger partial charge in [0.05, 0.1) is 34.2 Å². The van der Waals surface area contributed by atoms with Crippen LogP contribution in [0.15, 0.2) is 47.4 Å². The maximum atomic E-state index is 12.3. The molecule has 0 unspecified atom stereocenters. The second kappa shape index (κ2) is 8.29. The fraction of sp³-hybridized carbons (Fsp3) is 0.176. The van der Waals surface area contributed by atoms with E-state index >= 15 is 0 Å². The fourth-order valence-electron chi connectivity index (χ4n) is 2.04. The summed E-state index contributed by atoms with van der Waals surface area (Å²) in [5.74, 6) is -0.806. The maximum absolute atomic E-state index is 12.3. The van der Waals surface area contributed by atoms with Crippen molar-refractivity contribution in [2.75, 3.05) is 14.2 Å².